The number of amides is 1. The van der Waals surface area contributed by atoms with Crippen LogP contribution in [0.1, 0.15) is 37.4 Å². The highest BCUT2D eigenvalue weighted by atomic mass is 19.4. The van der Waals surface area contributed by atoms with E-state index in [1.807, 2.05) is 5.32 Å². The van der Waals surface area contributed by atoms with Crippen LogP contribution in [0.3, 0.4) is 0 Å². The number of hydrogen-bond acceptors (Lipinski definition) is 3. The zero-order chi connectivity index (χ0) is 23.6. The lowest BCUT2D eigenvalue weighted by atomic mass is 10.0. The summed E-state index contributed by atoms with van der Waals surface area (Å²) in [4.78, 5) is 34.5. The van der Waals surface area contributed by atoms with Gasteiger partial charge in [-0.05, 0) is 35.9 Å². The van der Waals surface area contributed by atoms with Crippen LogP contribution in [0, 0.1) is 0 Å². The number of rotatable bonds is 6. The van der Waals surface area contributed by atoms with Crippen molar-refractivity contribution < 1.29 is 50.9 Å². The normalized spacial score (nSPS) is 12.8. The van der Waals surface area contributed by atoms with Crippen molar-refractivity contribution in [3.8, 4) is 0 Å². The molecule has 0 aliphatic rings. The van der Waals surface area contributed by atoms with E-state index in [4.69, 9.17) is 5.11 Å². The van der Waals surface area contributed by atoms with Gasteiger partial charge >= 0.3 is 24.3 Å². The molecule has 31 heavy (non-hydrogen) atoms. The molecule has 3 N–H and O–H groups in total. The van der Waals surface area contributed by atoms with Crippen LogP contribution in [-0.4, -0.2) is 34.1 Å². The van der Waals surface area contributed by atoms with Crippen molar-refractivity contribution >= 4 is 17.8 Å². The number of halogens is 6. The largest absolute Gasteiger partial charge is 0.480 e. The molecule has 1 atom stereocenters. The quantitative estimate of drug-likeness (QED) is 0.582. The van der Waals surface area contributed by atoms with E-state index in [-0.39, 0.29) is 29.3 Å². The molecule has 1 amide bonds. The van der Waals surface area contributed by atoms with Crippen LogP contribution < -0.4 is 5.32 Å². The van der Waals surface area contributed by atoms with Crippen molar-refractivity contribution in [1.82, 2.24) is 5.32 Å². The van der Waals surface area contributed by atoms with E-state index in [0.29, 0.717) is 0 Å². The standard InChI is InChI=1S/C19H13F6NO5/c20-18(21,22)12-6-11(7-13(8-12)19(23,24)25)15(27)26-14(17(30)31)5-9-1-3-10(4-2-9)16(28)29/h1-4,6-8,14H,5H2,(H,26,27)(H,28,29)(H,30,31)/t14-/m1/s1. The third kappa shape index (κ3) is 6.20. The molecule has 0 radical (unpaired) electrons. The molecule has 2 aromatic rings. The van der Waals surface area contributed by atoms with Gasteiger partial charge in [0.05, 0.1) is 16.7 Å². The van der Waals surface area contributed by atoms with E-state index in [1.165, 1.54) is 24.3 Å². The van der Waals surface area contributed by atoms with Gasteiger partial charge in [0.25, 0.3) is 5.91 Å². The fourth-order valence-electron chi connectivity index (χ4n) is 2.55. The number of aliphatic carboxylic acids is 1. The molecule has 0 aliphatic carbocycles. The lowest BCUT2D eigenvalue weighted by molar-refractivity contribution is -0.143. The van der Waals surface area contributed by atoms with E-state index in [9.17, 15) is 45.8 Å². The van der Waals surface area contributed by atoms with Crippen molar-refractivity contribution in [3.63, 3.8) is 0 Å². The molecule has 0 heterocycles. The highest BCUT2D eigenvalue weighted by molar-refractivity contribution is 5.97. The summed E-state index contributed by atoms with van der Waals surface area (Å²) in [6.45, 7) is 0. The van der Waals surface area contributed by atoms with Crippen molar-refractivity contribution in [2.75, 3.05) is 0 Å². The summed E-state index contributed by atoms with van der Waals surface area (Å²) in [6, 6.07) is 3.37. The fourth-order valence-corrected chi connectivity index (χ4v) is 2.55. The van der Waals surface area contributed by atoms with Gasteiger partial charge in [-0.3, -0.25) is 4.79 Å². The summed E-state index contributed by atoms with van der Waals surface area (Å²) in [5.41, 5.74) is -4.29. The van der Waals surface area contributed by atoms with E-state index in [0.717, 1.165) is 0 Å². The second-order valence-corrected chi connectivity index (χ2v) is 6.37. The number of carboxylic acid groups (broad SMARTS) is 2. The van der Waals surface area contributed by atoms with E-state index in [2.05, 4.69) is 0 Å². The molecule has 0 bridgehead atoms. The highest BCUT2D eigenvalue weighted by Crippen LogP contribution is 2.36. The molecule has 0 unspecified atom stereocenters. The number of carbonyl (C=O) groups is 3. The number of nitrogens with one attached hydrogen (secondary N) is 1. The van der Waals surface area contributed by atoms with Crippen LogP contribution in [0.25, 0.3) is 0 Å². The van der Waals surface area contributed by atoms with Crippen LogP contribution in [0.5, 0.6) is 0 Å². The first-order chi connectivity index (χ1) is 14.2. The predicted octanol–water partition coefficient (Wildman–Crippen LogP) is 3.85. The van der Waals surface area contributed by atoms with Crippen molar-refractivity contribution in [2.45, 2.75) is 24.8 Å². The Bertz CT molecular complexity index is 966. The number of benzene rings is 2. The second-order valence-electron chi connectivity index (χ2n) is 6.37. The summed E-state index contributed by atoms with van der Waals surface area (Å²) in [5.74, 6) is -4.29. The average molecular weight is 449 g/mol. The zero-order valence-corrected chi connectivity index (χ0v) is 15.2. The number of hydrogen-bond donors (Lipinski definition) is 3. The maximum atomic E-state index is 12.9. The van der Waals surface area contributed by atoms with Crippen LogP contribution in [0.15, 0.2) is 42.5 Å². The smallest absolute Gasteiger partial charge is 0.416 e. The Kier molecular flexibility index (Phi) is 6.62. The van der Waals surface area contributed by atoms with Crippen molar-refractivity contribution in [1.29, 1.82) is 0 Å². The maximum absolute atomic E-state index is 12.9. The molecule has 6 nitrogen and oxygen atoms in total. The van der Waals surface area contributed by atoms with Crippen LogP contribution in [0.4, 0.5) is 26.3 Å². The summed E-state index contributed by atoms with van der Waals surface area (Å²) in [6.07, 6.45) is -10.7. The zero-order valence-electron chi connectivity index (χ0n) is 15.2. The molecule has 166 valence electrons. The van der Waals surface area contributed by atoms with Gasteiger partial charge in [0.2, 0.25) is 0 Å². The Labute approximate surface area is 170 Å². The summed E-state index contributed by atoms with van der Waals surface area (Å²) < 4.78 is 77.6. The molecule has 0 saturated heterocycles. The number of aromatic carboxylic acids is 1. The van der Waals surface area contributed by atoms with E-state index in [1.54, 1.807) is 0 Å². The Morgan fingerprint density at radius 3 is 1.68 bits per heavy atom. The first-order valence-electron chi connectivity index (χ1n) is 8.34. The van der Waals surface area contributed by atoms with Gasteiger partial charge in [-0.15, -0.1) is 0 Å². The van der Waals surface area contributed by atoms with Crippen LogP contribution >= 0.6 is 0 Å². The Hall–Kier alpha value is -3.57. The Balaban J connectivity index is 2.31. The van der Waals surface area contributed by atoms with E-state index >= 15 is 0 Å². The molecule has 0 spiro atoms. The summed E-state index contributed by atoms with van der Waals surface area (Å²) >= 11 is 0. The monoisotopic (exact) mass is 449 g/mol. The minimum Gasteiger partial charge on any atom is -0.480 e. The minimum absolute atomic E-state index is 0.0942. The first kappa shape index (κ1) is 23.7. The van der Waals surface area contributed by atoms with Crippen molar-refractivity contribution in [2.24, 2.45) is 0 Å². The Morgan fingerprint density at radius 2 is 1.29 bits per heavy atom. The molecule has 2 aromatic carbocycles. The third-order valence-corrected chi connectivity index (χ3v) is 4.09. The molecule has 0 saturated carbocycles. The van der Waals surface area contributed by atoms with Crippen LogP contribution in [-0.2, 0) is 23.6 Å². The Morgan fingerprint density at radius 1 is 0.806 bits per heavy atom. The van der Waals surface area contributed by atoms with Gasteiger partial charge < -0.3 is 15.5 Å². The number of carbonyl (C=O) groups excluding carboxylic acids is 1. The predicted molar refractivity (Wildman–Crippen MR) is 92.4 cm³/mol. The van der Waals surface area contributed by atoms with Crippen LogP contribution in [0.2, 0.25) is 0 Å². The molecular weight excluding hydrogens is 436 g/mol. The minimum atomic E-state index is -5.17. The fraction of sp³-hybridized carbons (Fsp3) is 0.211. The van der Waals surface area contributed by atoms with Gasteiger partial charge in [-0.2, -0.15) is 26.3 Å². The molecular formula is C19H13F6NO5. The topological polar surface area (TPSA) is 104 Å². The van der Waals surface area contributed by atoms with Gasteiger partial charge in [-0.25, -0.2) is 9.59 Å². The third-order valence-electron chi connectivity index (χ3n) is 4.09. The molecule has 0 fully saturated rings. The summed E-state index contributed by atoms with van der Waals surface area (Å²) in [5, 5.41) is 20.0. The highest BCUT2D eigenvalue weighted by Gasteiger charge is 2.37. The van der Waals surface area contributed by atoms with Gasteiger partial charge in [-0.1, -0.05) is 12.1 Å². The van der Waals surface area contributed by atoms with Gasteiger partial charge in [0, 0.05) is 12.0 Å². The van der Waals surface area contributed by atoms with Gasteiger partial charge in [0.15, 0.2) is 0 Å². The lowest BCUT2D eigenvalue weighted by Gasteiger charge is -2.17. The van der Waals surface area contributed by atoms with Gasteiger partial charge in [0.1, 0.15) is 6.04 Å². The summed E-state index contributed by atoms with van der Waals surface area (Å²) in [7, 11) is 0. The molecule has 12 heteroatoms. The van der Waals surface area contributed by atoms with E-state index < -0.39 is 59.4 Å². The SMILES string of the molecule is O=C(O)c1ccc(C[C@@H](NC(=O)c2cc(C(F)(F)F)cc(C(F)(F)F)c2)C(=O)O)cc1. The number of carboxylic acids is 2. The maximum Gasteiger partial charge on any atom is 0.416 e. The average Bonchev–Trinajstić information content (AvgIpc) is 2.66. The second kappa shape index (κ2) is 8.66. The first-order valence-corrected chi connectivity index (χ1v) is 8.34. The van der Waals surface area contributed by atoms with Crippen molar-refractivity contribution in [3.05, 3.63) is 70.3 Å². The molecule has 0 aromatic heterocycles. The number of alkyl halides is 6. The molecule has 2 rings (SSSR count). The lowest BCUT2D eigenvalue weighted by Crippen LogP contribution is -2.42. The molecule has 0 aliphatic heterocycles.